The molecule has 56 valence electrons. The van der Waals surface area contributed by atoms with Gasteiger partial charge in [-0.1, -0.05) is 44.0 Å². The van der Waals surface area contributed by atoms with Gasteiger partial charge in [0.1, 0.15) is 0 Å². The molecule has 0 saturated carbocycles. The zero-order chi connectivity index (χ0) is 7.72. The van der Waals surface area contributed by atoms with Crippen LogP contribution < -0.4 is 0 Å². The van der Waals surface area contributed by atoms with E-state index in [1.807, 2.05) is 0 Å². The molecule has 0 fully saturated rings. The van der Waals surface area contributed by atoms with Gasteiger partial charge in [0.05, 0.1) is 0 Å². The summed E-state index contributed by atoms with van der Waals surface area (Å²) in [5.74, 6) is 0. The van der Waals surface area contributed by atoms with E-state index in [9.17, 15) is 0 Å². The Balaban J connectivity index is 2.83. The van der Waals surface area contributed by atoms with Crippen LogP contribution in [0.1, 0.15) is 0 Å². The first-order chi connectivity index (χ1) is 4.61. The first-order valence-corrected chi connectivity index (χ1v) is 6.06. The molecule has 1 rings (SSSR count). The van der Waals surface area contributed by atoms with Crippen LogP contribution in [0, 0.1) is 0 Å². The summed E-state index contributed by atoms with van der Waals surface area (Å²) in [7, 11) is 0. The van der Waals surface area contributed by atoms with E-state index in [0.717, 1.165) is 8.96 Å². The van der Waals surface area contributed by atoms with Crippen LogP contribution in [0.25, 0.3) is 0 Å². The summed E-state index contributed by atoms with van der Waals surface area (Å²) in [6.45, 7) is 0. The van der Waals surface area contributed by atoms with E-state index in [-0.39, 0.29) is 0 Å². The minimum absolute atomic E-state index is 0.378. The molecule has 0 heterocycles. The molecule has 0 N–H and O–H groups in total. The van der Waals surface area contributed by atoms with Crippen molar-refractivity contribution >= 4 is 63.7 Å². The van der Waals surface area contributed by atoms with Gasteiger partial charge in [-0.2, -0.15) is 0 Å². The van der Waals surface area contributed by atoms with E-state index in [2.05, 4.69) is 75.9 Å². The third kappa shape index (κ3) is 2.19. The molecule has 2 unspecified atom stereocenters. The molecule has 0 aliphatic heterocycles. The van der Waals surface area contributed by atoms with Crippen molar-refractivity contribution in [2.75, 3.05) is 0 Å². The van der Waals surface area contributed by atoms with Gasteiger partial charge in [0.25, 0.3) is 0 Å². The fraction of sp³-hybridized carbons (Fsp3) is 0.333. The van der Waals surface area contributed by atoms with Crippen LogP contribution in [-0.4, -0.2) is 9.65 Å². The lowest BCUT2D eigenvalue weighted by Crippen LogP contribution is -2.12. The third-order valence-electron chi connectivity index (χ3n) is 1.14. The van der Waals surface area contributed by atoms with E-state index in [0.29, 0.717) is 9.65 Å². The molecule has 2 atom stereocenters. The van der Waals surface area contributed by atoms with Gasteiger partial charge in [0.15, 0.2) is 0 Å². The highest BCUT2D eigenvalue weighted by Gasteiger charge is 2.17. The van der Waals surface area contributed by atoms with Crippen molar-refractivity contribution in [3.05, 3.63) is 21.1 Å². The van der Waals surface area contributed by atoms with Crippen molar-refractivity contribution < 1.29 is 0 Å². The van der Waals surface area contributed by atoms with Crippen LogP contribution in [0.3, 0.4) is 0 Å². The zero-order valence-corrected chi connectivity index (χ0v) is 11.2. The average Bonchev–Trinajstić information content (AvgIpc) is 1.84. The zero-order valence-electron chi connectivity index (χ0n) is 4.82. The van der Waals surface area contributed by atoms with Gasteiger partial charge in [-0.05, 0) is 31.9 Å². The van der Waals surface area contributed by atoms with Crippen molar-refractivity contribution in [3.8, 4) is 0 Å². The molecule has 1 aliphatic rings. The quantitative estimate of drug-likeness (QED) is 0.542. The average molecular weight is 396 g/mol. The summed E-state index contributed by atoms with van der Waals surface area (Å²) in [5, 5.41) is 0. The lowest BCUT2D eigenvalue weighted by molar-refractivity contribution is 1.11. The predicted molar refractivity (Wildman–Crippen MR) is 59.5 cm³/mol. The number of halogens is 4. The first kappa shape index (κ1) is 9.49. The summed E-state index contributed by atoms with van der Waals surface area (Å²) < 4.78 is 2.20. The molecular weight excluding hydrogens is 392 g/mol. The van der Waals surface area contributed by atoms with Gasteiger partial charge in [-0.25, -0.2) is 0 Å². The Bertz CT molecular complexity index is 172. The fourth-order valence-corrected chi connectivity index (χ4v) is 3.00. The van der Waals surface area contributed by atoms with Crippen LogP contribution >= 0.6 is 63.7 Å². The molecule has 1 aliphatic carbocycles. The molecule has 0 aromatic heterocycles. The number of hydrogen-bond acceptors (Lipinski definition) is 0. The Hall–Kier alpha value is 1.40. The van der Waals surface area contributed by atoms with E-state index in [4.69, 9.17) is 0 Å². The molecule has 0 radical (unpaired) electrons. The minimum atomic E-state index is 0.378. The second-order valence-electron chi connectivity index (χ2n) is 1.92. The Labute approximate surface area is 93.6 Å². The highest BCUT2D eigenvalue weighted by Crippen LogP contribution is 2.33. The van der Waals surface area contributed by atoms with Crippen molar-refractivity contribution in [2.45, 2.75) is 9.65 Å². The monoisotopic (exact) mass is 392 g/mol. The lowest BCUT2D eigenvalue weighted by Gasteiger charge is -2.15. The molecule has 0 amide bonds. The molecule has 4 heteroatoms. The number of hydrogen-bond donors (Lipinski definition) is 0. The normalized spacial score (nSPS) is 33.2. The number of allylic oxidation sites excluding steroid dienone is 4. The molecular formula is C6H4Br4. The molecule has 0 aromatic carbocycles. The third-order valence-corrected chi connectivity index (χ3v) is 5.44. The Morgan fingerprint density at radius 3 is 1.50 bits per heavy atom. The molecule has 0 nitrogen and oxygen atoms in total. The van der Waals surface area contributed by atoms with Gasteiger partial charge in [0.2, 0.25) is 0 Å². The fourth-order valence-electron chi connectivity index (χ4n) is 0.623. The smallest absolute Gasteiger partial charge is 0.0500 e. The minimum Gasteiger partial charge on any atom is -0.0829 e. The Morgan fingerprint density at radius 2 is 1.20 bits per heavy atom. The Morgan fingerprint density at radius 1 is 0.900 bits per heavy atom. The Kier molecular flexibility index (Phi) is 3.68. The number of alkyl halides is 2. The highest BCUT2D eigenvalue weighted by molar-refractivity contribution is 9.15. The highest BCUT2D eigenvalue weighted by atomic mass is 79.9. The topological polar surface area (TPSA) is 0 Å². The maximum Gasteiger partial charge on any atom is 0.0500 e. The van der Waals surface area contributed by atoms with Crippen molar-refractivity contribution in [3.63, 3.8) is 0 Å². The summed E-state index contributed by atoms with van der Waals surface area (Å²) in [4.78, 5) is 0.756. The van der Waals surface area contributed by atoms with E-state index in [1.165, 1.54) is 0 Å². The second-order valence-corrected chi connectivity index (χ2v) is 5.74. The summed E-state index contributed by atoms with van der Waals surface area (Å²) in [6, 6.07) is 0. The van der Waals surface area contributed by atoms with Crippen molar-refractivity contribution in [1.29, 1.82) is 0 Å². The summed E-state index contributed by atoms with van der Waals surface area (Å²) in [5.41, 5.74) is 0. The second kappa shape index (κ2) is 3.87. The largest absolute Gasteiger partial charge is 0.0829 e. The van der Waals surface area contributed by atoms with Gasteiger partial charge in [-0.3, -0.25) is 0 Å². The number of rotatable bonds is 0. The molecule has 0 saturated heterocycles. The van der Waals surface area contributed by atoms with E-state index in [1.54, 1.807) is 0 Å². The van der Waals surface area contributed by atoms with Crippen LogP contribution in [-0.2, 0) is 0 Å². The van der Waals surface area contributed by atoms with Gasteiger partial charge >= 0.3 is 0 Å². The SMILES string of the molecule is BrC1=CC(Br)C(Br)C=C1Br. The van der Waals surface area contributed by atoms with Crippen LogP contribution in [0.5, 0.6) is 0 Å². The molecule has 10 heavy (non-hydrogen) atoms. The summed E-state index contributed by atoms with van der Waals surface area (Å²) in [6.07, 6.45) is 4.20. The van der Waals surface area contributed by atoms with Gasteiger partial charge in [-0.15, -0.1) is 0 Å². The van der Waals surface area contributed by atoms with Crippen molar-refractivity contribution in [2.24, 2.45) is 0 Å². The van der Waals surface area contributed by atoms with Gasteiger partial charge < -0.3 is 0 Å². The predicted octanol–water partition coefficient (Wildman–Crippen LogP) is 4.08. The standard InChI is InChI=1S/C6H4Br4/c7-3-1-4(8)6(10)2-5(3)9/h1-3,5H. The van der Waals surface area contributed by atoms with E-state index < -0.39 is 0 Å². The van der Waals surface area contributed by atoms with Crippen LogP contribution in [0.4, 0.5) is 0 Å². The first-order valence-electron chi connectivity index (χ1n) is 2.64. The van der Waals surface area contributed by atoms with Crippen LogP contribution in [0.15, 0.2) is 21.1 Å². The lowest BCUT2D eigenvalue weighted by atomic mass is 10.2. The van der Waals surface area contributed by atoms with Crippen LogP contribution in [0.2, 0.25) is 0 Å². The maximum absolute atomic E-state index is 3.50. The maximum atomic E-state index is 3.50. The molecule has 0 bridgehead atoms. The summed E-state index contributed by atoms with van der Waals surface area (Å²) >= 11 is 13.8. The molecule has 0 spiro atoms. The van der Waals surface area contributed by atoms with Crippen molar-refractivity contribution in [1.82, 2.24) is 0 Å². The van der Waals surface area contributed by atoms with E-state index >= 15 is 0 Å². The van der Waals surface area contributed by atoms with Gasteiger partial charge in [0, 0.05) is 18.6 Å². The molecule has 0 aromatic rings.